The first-order chi connectivity index (χ1) is 15.6. The average molecular weight is 452 g/mol. The molecule has 1 aliphatic heterocycles. The number of carbonyl (C=O) groups is 2. The van der Waals surface area contributed by atoms with Gasteiger partial charge >= 0.3 is 19.2 Å². The maximum absolute atomic E-state index is 12.3. The van der Waals surface area contributed by atoms with Crippen molar-refractivity contribution in [2.45, 2.75) is 45.5 Å². The van der Waals surface area contributed by atoms with Crippen molar-refractivity contribution in [3.05, 3.63) is 71.0 Å². The molecule has 1 aromatic heterocycles. The SMILES string of the molecule is COC(=O)c1cccc(C=C(CNC(=O)OCc2ccccc2)B2OC(C)(C)C(C)(C)O2)n1. The van der Waals surface area contributed by atoms with Gasteiger partial charge in [-0.15, -0.1) is 0 Å². The second-order valence-corrected chi connectivity index (χ2v) is 8.66. The summed E-state index contributed by atoms with van der Waals surface area (Å²) in [4.78, 5) is 28.5. The van der Waals surface area contributed by atoms with Crippen molar-refractivity contribution in [3.8, 4) is 0 Å². The molecule has 2 heterocycles. The highest BCUT2D eigenvalue weighted by molar-refractivity contribution is 6.56. The van der Waals surface area contributed by atoms with Gasteiger partial charge in [0.2, 0.25) is 0 Å². The van der Waals surface area contributed by atoms with Crippen LogP contribution >= 0.6 is 0 Å². The normalized spacial score (nSPS) is 16.9. The molecule has 0 radical (unpaired) electrons. The molecule has 0 spiro atoms. The molecule has 0 unspecified atom stereocenters. The van der Waals surface area contributed by atoms with Gasteiger partial charge in [-0.3, -0.25) is 0 Å². The van der Waals surface area contributed by atoms with Crippen molar-refractivity contribution >= 4 is 25.3 Å². The van der Waals surface area contributed by atoms with E-state index in [4.69, 9.17) is 18.8 Å². The number of nitrogens with zero attached hydrogens (tertiary/aromatic N) is 1. The standard InChI is InChI=1S/C24H29BN2O6/c1-23(2)24(3,4)33-25(32-23)18(14-19-12-9-13-20(27-19)21(28)30-5)15-26-22(29)31-16-17-10-7-6-8-11-17/h6-14H,15-16H2,1-5H3,(H,26,29). The Morgan fingerprint density at radius 3 is 2.33 bits per heavy atom. The van der Waals surface area contributed by atoms with E-state index in [0.717, 1.165) is 5.56 Å². The number of rotatable bonds is 7. The molecule has 174 valence electrons. The van der Waals surface area contributed by atoms with Gasteiger partial charge in [0.1, 0.15) is 12.3 Å². The fraction of sp³-hybridized carbons (Fsp3) is 0.375. The minimum Gasteiger partial charge on any atom is -0.464 e. The molecule has 3 rings (SSSR count). The van der Waals surface area contributed by atoms with Gasteiger partial charge in [0.25, 0.3) is 0 Å². The Kier molecular flexibility index (Phi) is 7.55. The van der Waals surface area contributed by atoms with Crippen molar-refractivity contribution in [2.24, 2.45) is 0 Å². The number of pyridine rings is 1. The van der Waals surface area contributed by atoms with Crippen molar-refractivity contribution < 1.29 is 28.4 Å². The molecule has 33 heavy (non-hydrogen) atoms. The third-order valence-electron chi connectivity index (χ3n) is 5.70. The molecule has 0 saturated carbocycles. The first-order valence-corrected chi connectivity index (χ1v) is 10.7. The van der Waals surface area contributed by atoms with E-state index in [9.17, 15) is 9.59 Å². The summed E-state index contributed by atoms with van der Waals surface area (Å²) in [7, 11) is 0.584. The molecule has 1 aliphatic rings. The van der Waals surface area contributed by atoms with Crippen molar-refractivity contribution in [1.29, 1.82) is 0 Å². The van der Waals surface area contributed by atoms with Gasteiger partial charge in [-0.1, -0.05) is 36.4 Å². The minimum atomic E-state index is -0.715. The van der Waals surface area contributed by atoms with E-state index in [0.29, 0.717) is 11.2 Å². The first-order valence-electron chi connectivity index (χ1n) is 10.7. The molecule has 1 amide bonds. The predicted molar refractivity (Wildman–Crippen MR) is 124 cm³/mol. The number of carbonyl (C=O) groups excluding carboxylic acids is 2. The van der Waals surface area contributed by atoms with Gasteiger partial charge in [-0.25, -0.2) is 14.6 Å². The Hall–Kier alpha value is -3.17. The molecule has 8 nitrogen and oxygen atoms in total. The topological polar surface area (TPSA) is 96.0 Å². The second-order valence-electron chi connectivity index (χ2n) is 8.66. The Morgan fingerprint density at radius 1 is 1.03 bits per heavy atom. The van der Waals surface area contributed by atoms with Crippen LogP contribution in [0, 0.1) is 0 Å². The van der Waals surface area contributed by atoms with E-state index in [1.54, 1.807) is 24.3 Å². The zero-order valence-corrected chi connectivity index (χ0v) is 19.6. The van der Waals surface area contributed by atoms with Crippen LogP contribution in [0.4, 0.5) is 4.79 Å². The van der Waals surface area contributed by atoms with Crippen LogP contribution in [-0.2, 0) is 25.4 Å². The molecule has 1 saturated heterocycles. The Balaban J connectivity index is 1.77. The van der Waals surface area contributed by atoms with Gasteiger partial charge in [-0.2, -0.15) is 0 Å². The minimum absolute atomic E-state index is 0.106. The van der Waals surface area contributed by atoms with Crippen LogP contribution in [0.5, 0.6) is 0 Å². The van der Waals surface area contributed by atoms with Crippen molar-refractivity contribution in [3.63, 3.8) is 0 Å². The van der Waals surface area contributed by atoms with Crippen LogP contribution in [-0.4, -0.2) is 49.0 Å². The lowest BCUT2D eigenvalue weighted by Crippen LogP contribution is -2.41. The Bertz CT molecular complexity index is 1010. The molecule has 2 aromatic rings. The van der Waals surface area contributed by atoms with E-state index < -0.39 is 30.4 Å². The van der Waals surface area contributed by atoms with Crippen LogP contribution in [0.15, 0.2) is 54.0 Å². The van der Waals surface area contributed by atoms with Crippen LogP contribution in [0.3, 0.4) is 0 Å². The van der Waals surface area contributed by atoms with Gasteiger partial charge in [-0.05, 0) is 56.9 Å². The van der Waals surface area contributed by atoms with Gasteiger partial charge < -0.3 is 24.1 Å². The largest absolute Gasteiger partial charge is 0.492 e. The molecule has 0 atom stereocenters. The summed E-state index contributed by atoms with van der Waals surface area (Å²) in [6.45, 7) is 8.05. The Morgan fingerprint density at radius 2 is 1.70 bits per heavy atom. The van der Waals surface area contributed by atoms with Gasteiger partial charge in [0, 0.05) is 6.54 Å². The monoisotopic (exact) mass is 452 g/mol. The van der Waals surface area contributed by atoms with E-state index in [-0.39, 0.29) is 18.8 Å². The molecule has 1 fully saturated rings. The van der Waals surface area contributed by atoms with E-state index >= 15 is 0 Å². The van der Waals surface area contributed by atoms with Crippen molar-refractivity contribution in [1.82, 2.24) is 10.3 Å². The summed E-state index contributed by atoms with van der Waals surface area (Å²) in [6, 6.07) is 14.4. The van der Waals surface area contributed by atoms with Crippen LogP contribution in [0.25, 0.3) is 6.08 Å². The highest BCUT2D eigenvalue weighted by Gasteiger charge is 2.52. The quantitative estimate of drug-likeness (QED) is 0.504. The molecule has 1 N–H and O–H groups in total. The number of esters is 1. The maximum Gasteiger partial charge on any atom is 0.492 e. The maximum atomic E-state index is 12.3. The summed E-state index contributed by atoms with van der Waals surface area (Å²) in [5.74, 6) is -0.537. The van der Waals surface area contributed by atoms with Gasteiger partial charge in [0.05, 0.1) is 24.0 Å². The molecular weight excluding hydrogens is 423 g/mol. The van der Waals surface area contributed by atoms with Crippen molar-refractivity contribution in [2.75, 3.05) is 13.7 Å². The highest BCUT2D eigenvalue weighted by atomic mass is 16.7. The predicted octanol–water partition coefficient (Wildman–Crippen LogP) is 3.81. The van der Waals surface area contributed by atoms with Crippen LogP contribution < -0.4 is 5.32 Å². The fourth-order valence-corrected chi connectivity index (χ4v) is 3.09. The number of amides is 1. The molecule has 9 heteroatoms. The Labute approximate surface area is 194 Å². The zero-order valence-electron chi connectivity index (χ0n) is 19.6. The summed E-state index contributed by atoms with van der Waals surface area (Å²) < 4.78 is 22.4. The fourth-order valence-electron chi connectivity index (χ4n) is 3.09. The number of nitrogens with one attached hydrogen (secondary N) is 1. The van der Waals surface area contributed by atoms with Crippen LogP contribution in [0.1, 0.15) is 49.4 Å². The number of benzene rings is 1. The number of hydrogen-bond donors (Lipinski definition) is 1. The summed E-state index contributed by atoms with van der Waals surface area (Å²) in [5, 5.41) is 2.74. The average Bonchev–Trinajstić information content (AvgIpc) is 3.02. The number of hydrogen-bond acceptors (Lipinski definition) is 7. The van der Waals surface area contributed by atoms with E-state index in [1.807, 2.05) is 58.0 Å². The van der Waals surface area contributed by atoms with E-state index in [2.05, 4.69) is 10.3 Å². The third-order valence-corrected chi connectivity index (χ3v) is 5.70. The van der Waals surface area contributed by atoms with E-state index in [1.165, 1.54) is 7.11 Å². The number of alkyl carbamates (subject to hydrolysis) is 1. The smallest absolute Gasteiger partial charge is 0.464 e. The number of ether oxygens (including phenoxy) is 2. The lowest BCUT2D eigenvalue weighted by Gasteiger charge is -2.32. The molecule has 0 bridgehead atoms. The lowest BCUT2D eigenvalue weighted by atomic mass is 9.77. The molecule has 0 aliphatic carbocycles. The van der Waals surface area contributed by atoms with Crippen LogP contribution in [0.2, 0.25) is 0 Å². The summed E-state index contributed by atoms with van der Waals surface area (Å²) in [6.07, 6.45) is 1.16. The summed E-state index contributed by atoms with van der Waals surface area (Å²) in [5.41, 5.74) is 1.06. The zero-order chi connectivity index (χ0) is 24.1. The highest BCUT2D eigenvalue weighted by Crippen LogP contribution is 2.38. The molecular formula is C24H29BN2O6. The van der Waals surface area contributed by atoms with Gasteiger partial charge in [0.15, 0.2) is 0 Å². The number of aromatic nitrogens is 1. The lowest BCUT2D eigenvalue weighted by molar-refractivity contribution is 0.00578. The number of methoxy groups -OCH3 is 1. The first kappa shape index (κ1) is 24.5. The molecule has 1 aromatic carbocycles. The second kappa shape index (κ2) is 10.2. The third kappa shape index (κ3) is 6.21. The summed E-state index contributed by atoms with van der Waals surface area (Å²) >= 11 is 0.